The molecule has 0 spiro atoms. The molecule has 0 aromatic rings. The predicted octanol–water partition coefficient (Wildman–Crippen LogP) is -0.908. The van der Waals surface area contributed by atoms with E-state index in [1.165, 1.54) is 0 Å². The van der Waals surface area contributed by atoms with Crippen LogP contribution in [0.2, 0.25) is 0 Å². The minimum atomic E-state index is -0.955. The second-order valence-electron chi connectivity index (χ2n) is 4.66. The molecular weight excluding hydrogens is 266 g/mol. The lowest BCUT2D eigenvalue weighted by atomic mass is 10.2. The Kier molecular flexibility index (Phi) is 4.33. The Morgan fingerprint density at radius 2 is 2.00 bits per heavy atom. The first kappa shape index (κ1) is 14.4. The number of ether oxygens (including phenoxy) is 1. The number of hydrogen-bond donors (Lipinski definition) is 1. The van der Waals surface area contributed by atoms with Crippen LogP contribution in [0.1, 0.15) is 19.8 Å². The number of imide groups is 2. The molecule has 2 aliphatic rings. The first-order valence-electron chi connectivity index (χ1n) is 6.60. The lowest BCUT2D eigenvalue weighted by Crippen LogP contribution is -2.43. The highest BCUT2D eigenvalue weighted by molar-refractivity contribution is 6.45. The lowest BCUT2D eigenvalue weighted by Gasteiger charge is -2.15. The summed E-state index contributed by atoms with van der Waals surface area (Å²) in [6, 6.07) is -0.741. The molecule has 8 heteroatoms. The molecular formula is C12H17N3O5. The van der Waals surface area contributed by atoms with Gasteiger partial charge in [0.05, 0.1) is 6.10 Å². The van der Waals surface area contributed by atoms with Gasteiger partial charge in [0.2, 0.25) is 5.91 Å². The summed E-state index contributed by atoms with van der Waals surface area (Å²) in [4.78, 5) is 48.0. The van der Waals surface area contributed by atoms with Crippen LogP contribution >= 0.6 is 0 Å². The highest BCUT2D eigenvalue weighted by atomic mass is 16.5. The number of amides is 5. The molecule has 110 valence electrons. The van der Waals surface area contributed by atoms with Crippen molar-refractivity contribution in [3.63, 3.8) is 0 Å². The molecule has 8 nitrogen and oxygen atoms in total. The van der Waals surface area contributed by atoms with Gasteiger partial charge >= 0.3 is 17.8 Å². The molecule has 2 fully saturated rings. The number of urea groups is 1. The maximum absolute atomic E-state index is 11.8. The SMILES string of the molecule is CCN1C(=O)C(=O)N(CC(=O)NC[C@H]2CCCO2)C1=O. The normalized spacial score (nSPS) is 22.9. The summed E-state index contributed by atoms with van der Waals surface area (Å²) in [6.07, 6.45) is 1.82. The van der Waals surface area contributed by atoms with Crippen LogP contribution < -0.4 is 5.32 Å². The lowest BCUT2D eigenvalue weighted by molar-refractivity contribution is -0.143. The fourth-order valence-corrected chi connectivity index (χ4v) is 2.20. The van der Waals surface area contributed by atoms with Gasteiger partial charge in [-0.2, -0.15) is 0 Å². The van der Waals surface area contributed by atoms with Gasteiger partial charge in [-0.1, -0.05) is 0 Å². The fraction of sp³-hybridized carbons (Fsp3) is 0.667. The molecule has 1 atom stereocenters. The van der Waals surface area contributed by atoms with Crippen LogP contribution in [0.4, 0.5) is 4.79 Å². The topological polar surface area (TPSA) is 96.0 Å². The Labute approximate surface area is 116 Å². The number of rotatable bonds is 5. The number of hydrogen-bond acceptors (Lipinski definition) is 5. The Bertz CT molecular complexity index is 444. The predicted molar refractivity (Wildman–Crippen MR) is 66.5 cm³/mol. The Morgan fingerprint density at radius 3 is 2.55 bits per heavy atom. The first-order valence-corrected chi connectivity index (χ1v) is 6.60. The standard InChI is InChI=1S/C12H17N3O5/c1-2-14-10(17)11(18)15(12(14)19)7-9(16)13-6-8-4-3-5-20-8/h8H,2-7H2,1H3,(H,13,16)/t8-/m1/s1. The quantitative estimate of drug-likeness (QED) is 0.520. The van der Waals surface area contributed by atoms with Gasteiger partial charge in [-0.3, -0.25) is 19.3 Å². The van der Waals surface area contributed by atoms with E-state index in [-0.39, 0.29) is 12.6 Å². The van der Waals surface area contributed by atoms with Gasteiger partial charge in [0, 0.05) is 19.7 Å². The van der Waals surface area contributed by atoms with Gasteiger partial charge in [0.25, 0.3) is 0 Å². The van der Waals surface area contributed by atoms with Gasteiger partial charge in [-0.25, -0.2) is 9.69 Å². The Morgan fingerprint density at radius 1 is 1.30 bits per heavy atom. The molecule has 20 heavy (non-hydrogen) atoms. The molecule has 0 bridgehead atoms. The van der Waals surface area contributed by atoms with Crippen LogP contribution in [0.15, 0.2) is 0 Å². The van der Waals surface area contributed by atoms with Crippen molar-refractivity contribution in [1.29, 1.82) is 0 Å². The van der Waals surface area contributed by atoms with Crippen LogP contribution in [0, 0.1) is 0 Å². The minimum absolute atomic E-state index is 0.0160. The second-order valence-corrected chi connectivity index (χ2v) is 4.66. The molecule has 0 unspecified atom stereocenters. The van der Waals surface area contributed by atoms with Crippen molar-refractivity contribution in [2.24, 2.45) is 0 Å². The average Bonchev–Trinajstić information content (AvgIpc) is 3.01. The molecule has 0 aliphatic carbocycles. The third-order valence-corrected chi connectivity index (χ3v) is 3.30. The van der Waals surface area contributed by atoms with E-state index in [0.717, 1.165) is 17.7 Å². The number of nitrogens with zero attached hydrogens (tertiary/aromatic N) is 2. The van der Waals surface area contributed by atoms with E-state index >= 15 is 0 Å². The Balaban J connectivity index is 1.85. The van der Waals surface area contributed by atoms with Crippen LogP contribution in [-0.2, 0) is 19.1 Å². The summed E-state index contributed by atoms with van der Waals surface area (Å²) in [5, 5.41) is 2.60. The van der Waals surface area contributed by atoms with Crippen molar-refractivity contribution in [3.8, 4) is 0 Å². The third kappa shape index (κ3) is 2.79. The highest BCUT2D eigenvalue weighted by Gasteiger charge is 2.44. The molecule has 2 saturated heterocycles. The summed E-state index contributed by atoms with van der Waals surface area (Å²) in [6.45, 7) is 2.29. The molecule has 5 amide bonds. The second kappa shape index (κ2) is 6.00. The largest absolute Gasteiger partial charge is 0.376 e. The molecule has 1 N–H and O–H groups in total. The maximum atomic E-state index is 11.8. The van der Waals surface area contributed by atoms with Crippen molar-refractivity contribution in [2.75, 3.05) is 26.2 Å². The number of carbonyl (C=O) groups is 4. The molecule has 2 aliphatic heterocycles. The van der Waals surface area contributed by atoms with Gasteiger partial charge in [-0.05, 0) is 19.8 Å². The molecule has 0 saturated carbocycles. The molecule has 0 aromatic carbocycles. The van der Waals surface area contributed by atoms with Crippen molar-refractivity contribution >= 4 is 23.8 Å². The van der Waals surface area contributed by atoms with Gasteiger partial charge < -0.3 is 10.1 Å². The summed E-state index contributed by atoms with van der Waals surface area (Å²) < 4.78 is 5.34. The zero-order valence-electron chi connectivity index (χ0n) is 11.3. The van der Waals surface area contributed by atoms with Crippen molar-refractivity contribution in [2.45, 2.75) is 25.9 Å². The molecule has 0 radical (unpaired) electrons. The van der Waals surface area contributed by atoms with E-state index in [0.29, 0.717) is 18.1 Å². The van der Waals surface area contributed by atoms with E-state index in [2.05, 4.69) is 5.32 Å². The first-order chi connectivity index (χ1) is 9.54. The van der Waals surface area contributed by atoms with E-state index in [1.807, 2.05) is 0 Å². The average molecular weight is 283 g/mol. The van der Waals surface area contributed by atoms with E-state index < -0.39 is 30.3 Å². The van der Waals surface area contributed by atoms with Crippen molar-refractivity contribution in [1.82, 2.24) is 15.1 Å². The number of carbonyl (C=O) groups excluding carboxylic acids is 4. The maximum Gasteiger partial charge on any atom is 0.334 e. The van der Waals surface area contributed by atoms with Crippen LogP contribution in [-0.4, -0.2) is 65.9 Å². The number of likely N-dealkylation sites (N-methyl/N-ethyl adjacent to an activating group) is 1. The van der Waals surface area contributed by atoms with Crippen LogP contribution in [0.5, 0.6) is 0 Å². The Hall–Kier alpha value is -1.96. The van der Waals surface area contributed by atoms with Gasteiger partial charge in [0.15, 0.2) is 0 Å². The van der Waals surface area contributed by atoms with Crippen molar-refractivity contribution < 1.29 is 23.9 Å². The zero-order valence-corrected chi connectivity index (χ0v) is 11.3. The minimum Gasteiger partial charge on any atom is -0.376 e. The number of nitrogens with one attached hydrogen (secondary N) is 1. The fourth-order valence-electron chi connectivity index (χ4n) is 2.20. The summed E-state index contributed by atoms with van der Waals surface area (Å²) in [7, 11) is 0. The van der Waals surface area contributed by atoms with Gasteiger partial charge in [-0.15, -0.1) is 0 Å². The summed E-state index contributed by atoms with van der Waals surface area (Å²) in [5.74, 6) is -2.32. The zero-order chi connectivity index (χ0) is 14.7. The third-order valence-electron chi connectivity index (χ3n) is 3.30. The highest BCUT2D eigenvalue weighted by Crippen LogP contribution is 2.12. The molecule has 0 aromatic heterocycles. The van der Waals surface area contributed by atoms with Gasteiger partial charge in [0.1, 0.15) is 6.54 Å². The van der Waals surface area contributed by atoms with E-state index in [4.69, 9.17) is 4.74 Å². The van der Waals surface area contributed by atoms with E-state index in [1.54, 1.807) is 6.92 Å². The summed E-state index contributed by atoms with van der Waals surface area (Å²) >= 11 is 0. The molecule has 2 rings (SSSR count). The van der Waals surface area contributed by atoms with Crippen molar-refractivity contribution in [3.05, 3.63) is 0 Å². The smallest absolute Gasteiger partial charge is 0.334 e. The van der Waals surface area contributed by atoms with Crippen LogP contribution in [0.25, 0.3) is 0 Å². The monoisotopic (exact) mass is 283 g/mol. The molecule has 2 heterocycles. The van der Waals surface area contributed by atoms with E-state index in [9.17, 15) is 19.2 Å². The van der Waals surface area contributed by atoms with Crippen LogP contribution in [0.3, 0.4) is 0 Å². The summed E-state index contributed by atoms with van der Waals surface area (Å²) in [5.41, 5.74) is 0.